The molecule has 11 heteroatoms. The van der Waals surface area contributed by atoms with Gasteiger partial charge in [-0.2, -0.15) is 23.0 Å². The highest BCUT2D eigenvalue weighted by atomic mass is 19.4. The number of aryl methyl sites for hydroxylation is 1. The average molecular weight is 495 g/mol. The van der Waals surface area contributed by atoms with Crippen molar-refractivity contribution in [3.05, 3.63) is 122 Å². The summed E-state index contributed by atoms with van der Waals surface area (Å²) in [6.45, 7) is 1.76. The third-order valence-electron chi connectivity index (χ3n) is 5.35. The first-order valence-corrected chi connectivity index (χ1v) is 10.8. The summed E-state index contributed by atoms with van der Waals surface area (Å²) in [7, 11) is 0. The maximum absolute atomic E-state index is 13.2. The van der Waals surface area contributed by atoms with E-state index in [-0.39, 0.29) is 18.8 Å². The van der Waals surface area contributed by atoms with Gasteiger partial charge in [-0.05, 0) is 48.4 Å². The molecular formula is C25H20F3N5O3. The molecule has 0 saturated heterocycles. The molecule has 8 nitrogen and oxygen atoms in total. The van der Waals surface area contributed by atoms with Gasteiger partial charge in [-0.15, -0.1) is 0 Å². The summed E-state index contributed by atoms with van der Waals surface area (Å²) in [5, 5.41) is 6.49. The molecule has 0 saturated carbocycles. The summed E-state index contributed by atoms with van der Waals surface area (Å²) >= 11 is 0. The normalized spacial score (nSPS) is 11.3. The van der Waals surface area contributed by atoms with Gasteiger partial charge in [0.15, 0.2) is 0 Å². The molecule has 2 aromatic heterocycles. The first kappa shape index (κ1) is 24.6. The molecule has 0 aliphatic heterocycles. The highest BCUT2D eigenvalue weighted by Crippen LogP contribution is 2.29. The van der Waals surface area contributed by atoms with Gasteiger partial charge in [-0.1, -0.05) is 35.9 Å². The van der Waals surface area contributed by atoms with Gasteiger partial charge in [0.25, 0.3) is 11.5 Å². The fourth-order valence-corrected chi connectivity index (χ4v) is 3.40. The van der Waals surface area contributed by atoms with Crippen molar-refractivity contribution in [1.82, 2.24) is 24.6 Å². The van der Waals surface area contributed by atoms with E-state index in [1.807, 2.05) is 6.92 Å². The van der Waals surface area contributed by atoms with E-state index in [1.165, 1.54) is 6.20 Å². The minimum absolute atomic E-state index is 0.0352. The van der Waals surface area contributed by atoms with E-state index < -0.39 is 34.6 Å². The molecule has 1 N–H and O–H groups in total. The van der Waals surface area contributed by atoms with Gasteiger partial charge in [0.1, 0.15) is 0 Å². The van der Waals surface area contributed by atoms with Crippen molar-refractivity contribution in [2.45, 2.75) is 26.2 Å². The van der Waals surface area contributed by atoms with E-state index in [9.17, 15) is 27.6 Å². The molecule has 4 aromatic rings. The largest absolute Gasteiger partial charge is 0.416 e. The Labute approximate surface area is 202 Å². The van der Waals surface area contributed by atoms with Gasteiger partial charge >= 0.3 is 11.9 Å². The average Bonchev–Trinajstić information content (AvgIpc) is 2.86. The van der Waals surface area contributed by atoms with Crippen molar-refractivity contribution in [3.63, 3.8) is 0 Å². The van der Waals surface area contributed by atoms with Crippen LogP contribution in [0.25, 0.3) is 5.69 Å². The van der Waals surface area contributed by atoms with Crippen LogP contribution in [0, 0.1) is 6.92 Å². The molecule has 0 bridgehead atoms. The predicted octanol–water partition coefficient (Wildman–Crippen LogP) is 3.09. The second-order valence-corrected chi connectivity index (χ2v) is 8.01. The first-order valence-electron chi connectivity index (χ1n) is 10.8. The summed E-state index contributed by atoms with van der Waals surface area (Å²) in [6.07, 6.45) is -1.47. The van der Waals surface area contributed by atoms with E-state index in [0.717, 1.165) is 39.1 Å². The Morgan fingerprint density at radius 1 is 0.972 bits per heavy atom. The predicted molar refractivity (Wildman–Crippen MR) is 125 cm³/mol. The number of aromatic nitrogens is 4. The topological polar surface area (TPSA) is 98.9 Å². The number of benzene rings is 2. The van der Waals surface area contributed by atoms with Crippen molar-refractivity contribution in [2.24, 2.45) is 0 Å². The maximum atomic E-state index is 13.2. The third-order valence-corrected chi connectivity index (χ3v) is 5.35. The summed E-state index contributed by atoms with van der Waals surface area (Å²) < 4.78 is 40.6. The lowest BCUT2D eigenvalue weighted by atomic mass is 10.1. The Balaban J connectivity index is 1.78. The Kier molecular flexibility index (Phi) is 6.82. The zero-order chi connectivity index (χ0) is 25.9. The molecule has 0 spiro atoms. The smallest absolute Gasteiger partial charge is 0.346 e. The standard InChI is InChI=1S/C25H20F3N5O3/c1-16-4-6-17(7-5-16)15-32-23(35)21(22(34)30-14-18-3-2-12-29-13-18)31-33(24(32)36)20-10-8-19(9-11-20)25(26,27)28/h2-13H,14-15H2,1H3,(H,30,34). The number of carbonyl (C=O) groups is 1. The van der Waals surface area contributed by atoms with Crippen LogP contribution in [-0.4, -0.2) is 25.2 Å². The number of nitrogens with one attached hydrogen (secondary N) is 1. The van der Waals surface area contributed by atoms with E-state index >= 15 is 0 Å². The monoisotopic (exact) mass is 495 g/mol. The molecule has 0 unspecified atom stereocenters. The van der Waals surface area contributed by atoms with Crippen molar-refractivity contribution >= 4 is 5.91 Å². The van der Waals surface area contributed by atoms with Crippen molar-refractivity contribution in [2.75, 3.05) is 0 Å². The van der Waals surface area contributed by atoms with Crippen LogP contribution < -0.4 is 16.6 Å². The van der Waals surface area contributed by atoms with Crippen LogP contribution in [0.2, 0.25) is 0 Å². The van der Waals surface area contributed by atoms with Gasteiger partial charge in [0, 0.05) is 18.9 Å². The second-order valence-electron chi connectivity index (χ2n) is 8.01. The lowest BCUT2D eigenvalue weighted by Crippen LogP contribution is -2.46. The molecule has 36 heavy (non-hydrogen) atoms. The molecule has 0 aliphatic rings. The zero-order valence-corrected chi connectivity index (χ0v) is 19.0. The molecule has 184 valence electrons. The molecular weight excluding hydrogens is 475 g/mol. The minimum atomic E-state index is -4.57. The van der Waals surface area contributed by atoms with Gasteiger partial charge in [0.2, 0.25) is 5.69 Å². The Bertz CT molecular complexity index is 1490. The second kappa shape index (κ2) is 9.98. The number of halogens is 3. The highest BCUT2D eigenvalue weighted by molar-refractivity contribution is 5.91. The highest BCUT2D eigenvalue weighted by Gasteiger charge is 2.30. The minimum Gasteiger partial charge on any atom is -0.346 e. The number of rotatable bonds is 6. The molecule has 0 atom stereocenters. The van der Waals surface area contributed by atoms with E-state index in [0.29, 0.717) is 11.1 Å². The lowest BCUT2D eigenvalue weighted by molar-refractivity contribution is -0.137. The SMILES string of the molecule is Cc1ccc(Cn2c(=O)c(C(=O)NCc3cccnc3)nn(-c3ccc(C(F)(F)F)cc3)c2=O)cc1. The van der Waals surface area contributed by atoms with Crippen LogP contribution in [-0.2, 0) is 19.3 Å². The van der Waals surface area contributed by atoms with Crippen LogP contribution >= 0.6 is 0 Å². The summed E-state index contributed by atoms with van der Waals surface area (Å²) in [4.78, 5) is 43.2. The molecule has 0 radical (unpaired) electrons. The summed E-state index contributed by atoms with van der Waals surface area (Å²) in [5.74, 6) is -0.845. The molecule has 2 aromatic carbocycles. The number of amides is 1. The van der Waals surface area contributed by atoms with Crippen LogP contribution in [0.4, 0.5) is 13.2 Å². The molecule has 2 heterocycles. The fourth-order valence-electron chi connectivity index (χ4n) is 3.40. The number of hydrogen-bond acceptors (Lipinski definition) is 5. The van der Waals surface area contributed by atoms with Gasteiger partial charge in [0.05, 0.1) is 17.8 Å². The Hall–Kier alpha value is -4.54. The zero-order valence-electron chi connectivity index (χ0n) is 19.0. The maximum Gasteiger partial charge on any atom is 0.416 e. The molecule has 1 amide bonds. The third kappa shape index (κ3) is 5.40. The van der Waals surface area contributed by atoms with Crippen molar-refractivity contribution in [3.8, 4) is 5.69 Å². The quantitative estimate of drug-likeness (QED) is 0.443. The Morgan fingerprint density at radius 3 is 2.28 bits per heavy atom. The van der Waals surface area contributed by atoms with Crippen molar-refractivity contribution < 1.29 is 18.0 Å². The van der Waals surface area contributed by atoms with Gasteiger partial charge < -0.3 is 5.32 Å². The van der Waals surface area contributed by atoms with Crippen molar-refractivity contribution in [1.29, 1.82) is 0 Å². The number of carbonyl (C=O) groups excluding carboxylic acids is 1. The molecule has 0 aliphatic carbocycles. The Morgan fingerprint density at radius 2 is 1.67 bits per heavy atom. The van der Waals surface area contributed by atoms with Gasteiger partial charge in [-0.25, -0.2) is 4.79 Å². The van der Waals surface area contributed by atoms with E-state index in [2.05, 4.69) is 15.4 Å². The molecule has 0 fully saturated rings. The van der Waals surface area contributed by atoms with E-state index in [4.69, 9.17) is 0 Å². The van der Waals surface area contributed by atoms with E-state index in [1.54, 1.807) is 42.6 Å². The van der Waals surface area contributed by atoms with Crippen LogP contribution in [0.15, 0.2) is 82.6 Å². The molecule has 4 rings (SSSR count). The van der Waals surface area contributed by atoms with Crippen LogP contribution in [0.5, 0.6) is 0 Å². The summed E-state index contributed by atoms with van der Waals surface area (Å²) in [5.41, 5.74) is -1.09. The lowest BCUT2D eigenvalue weighted by Gasteiger charge is -2.13. The number of alkyl halides is 3. The number of nitrogens with zero attached hydrogens (tertiary/aromatic N) is 4. The fraction of sp³-hybridized carbons (Fsp3) is 0.160. The first-order chi connectivity index (χ1) is 17.1. The van der Waals surface area contributed by atoms with Crippen LogP contribution in [0.3, 0.4) is 0 Å². The summed E-state index contributed by atoms with van der Waals surface area (Å²) in [6, 6.07) is 14.2. The number of hydrogen-bond donors (Lipinski definition) is 1. The number of pyridine rings is 1. The van der Waals surface area contributed by atoms with Gasteiger partial charge in [-0.3, -0.25) is 19.1 Å². The van der Waals surface area contributed by atoms with Crippen LogP contribution in [0.1, 0.15) is 32.7 Å².